The molecule has 0 radical (unpaired) electrons. The smallest absolute Gasteiger partial charge is 0.0903 e. The van der Waals surface area contributed by atoms with Gasteiger partial charge in [0.05, 0.1) is 12.7 Å². The van der Waals surface area contributed by atoms with E-state index in [9.17, 15) is 0 Å². The fourth-order valence-corrected chi connectivity index (χ4v) is 2.74. The fraction of sp³-hybridized carbons (Fsp3) is 0.231. The van der Waals surface area contributed by atoms with Crippen molar-refractivity contribution < 1.29 is 4.74 Å². The van der Waals surface area contributed by atoms with Gasteiger partial charge in [-0.25, -0.2) is 0 Å². The summed E-state index contributed by atoms with van der Waals surface area (Å²) in [6.07, 6.45) is 0.494. The number of epoxide rings is 1. The van der Waals surface area contributed by atoms with Gasteiger partial charge >= 0.3 is 0 Å². The lowest BCUT2D eigenvalue weighted by molar-refractivity contribution is 0.426. The molecule has 1 heterocycles. The van der Waals surface area contributed by atoms with Crippen LogP contribution in [0, 0.1) is 0 Å². The van der Waals surface area contributed by atoms with E-state index in [1.165, 1.54) is 15.7 Å². The molecule has 0 spiro atoms. The first-order chi connectivity index (χ1) is 7.43. The Kier molecular flexibility index (Phi) is 2.39. The van der Waals surface area contributed by atoms with Crippen LogP contribution in [0.25, 0.3) is 10.8 Å². The van der Waals surface area contributed by atoms with E-state index in [0.717, 1.165) is 12.4 Å². The first kappa shape index (κ1) is 9.25. The van der Waals surface area contributed by atoms with E-state index in [0.29, 0.717) is 6.10 Å². The van der Waals surface area contributed by atoms with Crippen molar-refractivity contribution in [3.63, 3.8) is 0 Å². The van der Waals surface area contributed by atoms with E-state index in [2.05, 4.69) is 42.5 Å². The van der Waals surface area contributed by atoms with Crippen molar-refractivity contribution >= 4 is 22.5 Å². The third kappa shape index (κ3) is 2.01. The number of thioether (sulfide) groups is 1. The quantitative estimate of drug-likeness (QED) is 0.576. The molecule has 0 amide bonds. The molecule has 2 aromatic carbocycles. The normalized spacial score (nSPS) is 19.3. The summed E-state index contributed by atoms with van der Waals surface area (Å²) in [4.78, 5) is 1.36. The highest BCUT2D eigenvalue weighted by Crippen LogP contribution is 2.30. The maximum atomic E-state index is 5.22. The van der Waals surface area contributed by atoms with Crippen molar-refractivity contribution in [1.82, 2.24) is 0 Å². The monoisotopic (exact) mass is 216 g/mol. The van der Waals surface area contributed by atoms with Crippen LogP contribution in [-0.4, -0.2) is 18.5 Å². The highest BCUT2D eigenvalue weighted by atomic mass is 32.2. The van der Waals surface area contributed by atoms with Crippen LogP contribution in [0.5, 0.6) is 0 Å². The fourth-order valence-electron chi connectivity index (χ4n) is 1.67. The average molecular weight is 216 g/mol. The Bertz CT molecular complexity index is 471. The largest absolute Gasteiger partial charge is 0.372 e. The molecule has 1 atom stereocenters. The van der Waals surface area contributed by atoms with Gasteiger partial charge in [-0.15, -0.1) is 11.8 Å². The summed E-state index contributed by atoms with van der Waals surface area (Å²) in [5.74, 6) is 1.08. The number of rotatable bonds is 3. The Balaban J connectivity index is 1.93. The molecule has 0 N–H and O–H groups in total. The lowest BCUT2D eigenvalue weighted by Gasteiger charge is -2.04. The topological polar surface area (TPSA) is 12.5 Å². The van der Waals surface area contributed by atoms with Gasteiger partial charge in [-0.3, -0.25) is 0 Å². The van der Waals surface area contributed by atoms with E-state index in [1.807, 2.05) is 11.8 Å². The second kappa shape index (κ2) is 3.87. The van der Waals surface area contributed by atoms with Gasteiger partial charge in [-0.2, -0.15) is 0 Å². The summed E-state index contributed by atoms with van der Waals surface area (Å²) in [5.41, 5.74) is 0. The van der Waals surface area contributed by atoms with E-state index < -0.39 is 0 Å². The molecule has 1 unspecified atom stereocenters. The second-order valence-corrected chi connectivity index (χ2v) is 4.81. The van der Waals surface area contributed by atoms with Crippen molar-refractivity contribution in [2.45, 2.75) is 11.0 Å². The van der Waals surface area contributed by atoms with E-state index in [1.54, 1.807) is 0 Å². The summed E-state index contributed by atoms with van der Waals surface area (Å²) < 4.78 is 5.22. The third-order valence-electron chi connectivity index (χ3n) is 2.58. The molecule has 1 saturated heterocycles. The predicted molar refractivity (Wildman–Crippen MR) is 64.4 cm³/mol. The third-order valence-corrected chi connectivity index (χ3v) is 3.78. The molecule has 1 aliphatic heterocycles. The summed E-state index contributed by atoms with van der Waals surface area (Å²) in [5, 5.41) is 2.67. The van der Waals surface area contributed by atoms with Crippen LogP contribution in [0.15, 0.2) is 47.4 Å². The summed E-state index contributed by atoms with van der Waals surface area (Å²) >= 11 is 1.90. The predicted octanol–water partition coefficient (Wildman–Crippen LogP) is 3.33. The first-order valence-corrected chi connectivity index (χ1v) is 6.14. The number of benzene rings is 2. The van der Waals surface area contributed by atoms with Crippen molar-refractivity contribution in [3.05, 3.63) is 42.5 Å². The molecule has 0 aliphatic carbocycles. The van der Waals surface area contributed by atoms with Crippen LogP contribution >= 0.6 is 11.8 Å². The van der Waals surface area contributed by atoms with E-state index >= 15 is 0 Å². The van der Waals surface area contributed by atoms with Crippen LogP contribution in [0.3, 0.4) is 0 Å². The molecule has 2 heteroatoms. The molecule has 1 aliphatic rings. The summed E-state index contributed by atoms with van der Waals surface area (Å²) in [6.45, 7) is 0.942. The van der Waals surface area contributed by atoms with Gasteiger partial charge in [0, 0.05) is 10.6 Å². The Hall–Kier alpha value is -0.990. The lowest BCUT2D eigenvalue weighted by Crippen LogP contribution is -1.88. The van der Waals surface area contributed by atoms with Crippen molar-refractivity contribution in [2.24, 2.45) is 0 Å². The van der Waals surface area contributed by atoms with Gasteiger partial charge in [0.2, 0.25) is 0 Å². The summed E-state index contributed by atoms with van der Waals surface area (Å²) in [6, 6.07) is 15.0. The minimum Gasteiger partial charge on any atom is -0.372 e. The number of ether oxygens (including phenoxy) is 1. The Morgan fingerprint density at radius 3 is 2.80 bits per heavy atom. The van der Waals surface area contributed by atoms with Crippen LogP contribution in [-0.2, 0) is 4.74 Å². The molecular formula is C13H12OS. The molecule has 0 saturated carbocycles. The van der Waals surface area contributed by atoms with Gasteiger partial charge in [0.25, 0.3) is 0 Å². The Labute approximate surface area is 93.4 Å². The molecular weight excluding hydrogens is 204 g/mol. The molecule has 0 bridgehead atoms. The zero-order valence-corrected chi connectivity index (χ0v) is 9.17. The molecule has 2 aromatic rings. The number of fused-ring (bicyclic) bond motifs is 1. The minimum atomic E-state index is 0.494. The average Bonchev–Trinajstić information content (AvgIpc) is 3.10. The molecule has 3 rings (SSSR count). The highest BCUT2D eigenvalue weighted by molar-refractivity contribution is 7.99. The first-order valence-electron chi connectivity index (χ1n) is 5.16. The van der Waals surface area contributed by atoms with Crippen molar-refractivity contribution in [2.75, 3.05) is 12.4 Å². The number of hydrogen-bond acceptors (Lipinski definition) is 2. The summed E-state index contributed by atoms with van der Waals surface area (Å²) in [7, 11) is 0. The highest BCUT2D eigenvalue weighted by Gasteiger charge is 2.22. The zero-order chi connectivity index (χ0) is 10.1. The minimum absolute atomic E-state index is 0.494. The molecule has 15 heavy (non-hydrogen) atoms. The standard InChI is InChI=1S/C13H12OS/c1-2-6-12-10(4-1)5-3-7-13(12)15-9-11-8-14-11/h1-7,11H,8-9H2. The van der Waals surface area contributed by atoms with Gasteiger partial charge in [0.15, 0.2) is 0 Å². The molecule has 76 valence electrons. The van der Waals surface area contributed by atoms with Crippen LogP contribution < -0.4 is 0 Å². The van der Waals surface area contributed by atoms with Gasteiger partial charge in [-0.05, 0) is 16.8 Å². The molecule has 0 aromatic heterocycles. The SMILES string of the molecule is c1ccc2c(SCC3CO3)cccc2c1. The van der Waals surface area contributed by atoms with Crippen LogP contribution in [0.1, 0.15) is 0 Å². The van der Waals surface area contributed by atoms with Crippen molar-refractivity contribution in [3.8, 4) is 0 Å². The van der Waals surface area contributed by atoms with Crippen LogP contribution in [0.4, 0.5) is 0 Å². The van der Waals surface area contributed by atoms with Gasteiger partial charge < -0.3 is 4.74 Å². The molecule has 1 fully saturated rings. The lowest BCUT2D eigenvalue weighted by atomic mass is 10.1. The maximum Gasteiger partial charge on any atom is 0.0903 e. The van der Waals surface area contributed by atoms with Crippen LogP contribution in [0.2, 0.25) is 0 Å². The van der Waals surface area contributed by atoms with E-state index in [-0.39, 0.29) is 0 Å². The molecule has 1 nitrogen and oxygen atoms in total. The second-order valence-electron chi connectivity index (χ2n) is 3.74. The van der Waals surface area contributed by atoms with Gasteiger partial charge in [0.1, 0.15) is 0 Å². The Morgan fingerprint density at radius 2 is 1.93 bits per heavy atom. The van der Waals surface area contributed by atoms with E-state index in [4.69, 9.17) is 4.74 Å². The van der Waals surface area contributed by atoms with Gasteiger partial charge in [-0.1, -0.05) is 36.4 Å². The number of hydrogen-bond donors (Lipinski definition) is 0. The Morgan fingerprint density at radius 1 is 1.13 bits per heavy atom. The van der Waals surface area contributed by atoms with Crippen molar-refractivity contribution in [1.29, 1.82) is 0 Å². The maximum absolute atomic E-state index is 5.22. The zero-order valence-electron chi connectivity index (χ0n) is 8.35.